The fourth-order valence-electron chi connectivity index (χ4n) is 8.22. The summed E-state index contributed by atoms with van der Waals surface area (Å²) in [4.78, 5) is 64.2. The number of nitriles is 1. The Kier molecular flexibility index (Phi) is 12.1. The van der Waals surface area contributed by atoms with Crippen molar-refractivity contribution in [3.63, 3.8) is 0 Å². The zero-order chi connectivity index (χ0) is 44.9. The summed E-state index contributed by atoms with van der Waals surface area (Å²) in [6.45, 7) is -9.55. The van der Waals surface area contributed by atoms with E-state index in [4.69, 9.17) is 60.4 Å². The van der Waals surface area contributed by atoms with Crippen molar-refractivity contribution in [3.8, 4) is 6.07 Å². The molecule has 4 saturated heterocycles. The van der Waals surface area contributed by atoms with Crippen molar-refractivity contribution in [1.29, 1.82) is 5.26 Å². The molecule has 0 radical (unpaired) electrons. The summed E-state index contributed by atoms with van der Waals surface area (Å²) in [5.41, 5.74) is 1.25. The first-order valence-corrected chi connectivity index (χ1v) is 25.3. The van der Waals surface area contributed by atoms with Gasteiger partial charge in [-0.25, -0.2) is 34.3 Å². The zero-order valence-electron chi connectivity index (χ0n) is 33.7. The van der Waals surface area contributed by atoms with Crippen LogP contribution in [0.5, 0.6) is 0 Å². The van der Waals surface area contributed by atoms with E-state index in [0.717, 1.165) is 0 Å². The number of halogens is 1. The van der Waals surface area contributed by atoms with Gasteiger partial charge < -0.3 is 32.7 Å². The molecule has 20 nitrogen and oxygen atoms in total. The van der Waals surface area contributed by atoms with E-state index in [-0.39, 0.29) is 55.2 Å². The molecule has 0 aliphatic carbocycles. The van der Waals surface area contributed by atoms with Crippen molar-refractivity contribution >= 4 is 70.9 Å². The van der Waals surface area contributed by atoms with Crippen LogP contribution < -0.4 is 0 Å². The molecule has 0 saturated carbocycles. The van der Waals surface area contributed by atoms with Crippen LogP contribution in [-0.2, 0) is 73.3 Å². The normalized spacial score (nSPS) is 31.2. The Morgan fingerprint density at radius 3 is 2.03 bits per heavy atom. The van der Waals surface area contributed by atoms with Gasteiger partial charge in [0.15, 0.2) is 41.5 Å². The van der Waals surface area contributed by atoms with Crippen LogP contribution >= 0.6 is 13.4 Å². The third kappa shape index (κ3) is 8.49. The van der Waals surface area contributed by atoms with Crippen molar-refractivity contribution in [2.75, 3.05) is 26.4 Å². The maximum Gasteiger partial charge on any atom is 0.327 e. The van der Waals surface area contributed by atoms with Gasteiger partial charge in [0, 0.05) is 11.1 Å². The zero-order valence-corrected chi connectivity index (χ0v) is 37.1. The average Bonchev–Trinajstić information content (AvgIpc) is 4.14. The minimum atomic E-state index is -4.33. The Morgan fingerprint density at radius 2 is 1.43 bits per heavy atom. The van der Waals surface area contributed by atoms with Gasteiger partial charge in [0.1, 0.15) is 53.7 Å². The van der Waals surface area contributed by atoms with Gasteiger partial charge in [-0.15, -0.1) is 0 Å². The molecule has 6 aromatic rings. The minimum absolute atomic E-state index is 0.0474. The number of carbonyl (C=O) groups excluding carboxylic acids is 2. The first kappa shape index (κ1) is 44.1. The van der Waals surface area contributed by atoms with E-state index in [2.05, 4.69) is 29.9 Å². The number of carbonyl (C=O) groups is 2. The number of alkyl halides is 1. The molecule has 4 fully saturated rings. The molecule has 65 heavy (non-hydrogen) atoms. The van der Waals surface area contributed by atoms with Crippen molar-refractivity contribution < 1.29 is 55.7 Å². The molecule has 10 rings (SSSR count). The van der Waals surface area contributed by atoms with Gasteiger partial charge in [-0.2, -0.15) is 5.26 Å². The second-order valence-electron chi connectivity index (χ2n) is 15.4. The highest BCUT2D eigenvalue weighted by Gasteiger charge is 2.66. The number of rotatable bonds is 11. The molecular formula is C40H36FN9O11P2S2. The summed E-state index contributed by atoms with van der Waals surface area (Å²) in [6, 6.07) is 19.5. The van der Waals surface area contributed by atoms with Gasteiger partial charge in [0.25, 0.3) is 0 Å². The SMILES string of the molecule is N#CCCOP1(=S)OC[C@H]2O[C@@H](n3cnc4c(CC(=O)c5ccccc5)ncnc43)[C@H](F)[C@@H]2OP(O)(=S)OC[C@]23CO[C@@H]([C@H](n4cnc5c(CC(=O)c6ccccc6)ncnc54)O2)[C@@H]3O1. The number of imidazole rings is 2. The largest absolute Gasteiger partial charge is 0.367 e. The van der Waals surface area contributed by atoms with Gasteiger partial charge in [-0.1, -0.05) is 60.7 Å². The quantitative estimate of drug-likeness (QED) is 0.106. The van der Waals surface area contributed by atoms with Crippen molar-refractivity contribution in [2.24, 2.45) is 0 Å². The van der Waals surface area contributed by atoms with E-state index in [0.29, 0.717) is 33.7 Å². The average molecular weight is 964 g/mol. The second-order valence-corrected chi connectivity index (χ2v) is 21.2. The standard InChI is InChI=1S/C40H36FN9O11P2S2/c41-30-33-29(58-38(30)49-21-47-31-25(43-19-45-36(31)49)14-27(51)23-8-3-1-4-9-23)16-56-63(65,55-13-7-12-42)61-35-34-39(59-40(35,17-54-34)18-57-62(53,64)60-33)50-22-48-32-26(44-20-46-37(32)50)15-28(52)24-10-5-2-6-11-24/h1-6,8-11,19-22,29-30,33-35,38-39H,7,13-18H2,(H,53,64)/t29-,30-,33-,34-,35+,38-,39-,40+,62?,63?/m1/s1. The van der Waals surface area contributed by atoms with Crippen LogP contribution in [0.25, 0.3) is 22.3 Å². The maximum atomic E-state index is 16.9. The van der Waals surface area contributed by atoms with Crippen LogP contribution in [0.4, 0.5) is 4.39 Å². The molecule has 4 aliphatic rings. The van der Waals surface area contributed by atoms with Gasteiger partial charge in [0.05, 0.1) is 75.8 Å². The molecule has 4 aromatic heterocycles. The van der Waals surface area contributed by atoms with E-state index in [9.17, 15) is 19.7 Å². The lowest BCUT2D eigenvalue weighted by Gasteiger charge is -2.35. The molecule has 10 atom stereocenters. The molecular weight excluding hydrogens is 928 g/mol. The Bertz CT molecular complexity index is 2930. The number of benzene rings is 2. The van der Waals surface area contributed by atoms with Crippen LogP contribution in [0, 0.1) is 11.3 Å². The summed E-state index contributed by atoms with van der Waals surface area (Å²) in [6.07, 6.45) is -4.32. The highest BCUT2D eigenvalue weighted by molar-refractivity contribution is 8.07. The third-order valence-electron chi connectivity index (χ3n) is 11.3. The molecule has 2 aromatic carbocycles. The van der Waals surface area contributed by atoms with Gasteiger partial charge in [-0.3, -0.25) is 27.8 Å². The predicted molar refractivity (Wildman–Crippen MR) is 230 cm³/mol. The monoisotopic (exact) mass is 963 g/mol. The molecule has 0 spiro atoms. The molecule has 336 valence electrons. The number of hydrogen-bond acceptors (Lipinski definition) is 19. The number of Topliss-reactive ketones (excluding diaryl/α,β-unsaturated/α-hetero) is 2. The Hall–Kier alpha value is -4.76. The molecule has 2 bridgehead atoms. The van der Waals surface area contributed by atoms with Crippen LogP contribution in [0.15, 0.2) is 86.0 Å². The van der Waals surface area contributed by atoms with E-state index < -0.39 is 75.3 Å². The second kappa shape index (κ2) is 17.8. The van der Waals surface area contributed by atoms with Gasteiger partial charge >= 0.3 is 13.4 Å². The highest BCUT2D eigenvalue weighted by Crippen LogP contribution is 2.60. The molecule has 1 N–H and O–H groups in total. The Labute approximate surface area is 378 Å². The van der Waals surface area contributed by atoms with E-state index >= 15 is 4.39 Å². The Balaban J connectivity index is 0.928. The van der Waals surface area contributed by atoms with Crippen LogP contribution in [0.3, 0.4) is 0 Å². The van der Waals surface area contributed by atoms with E-state index in [1.807, 2.05) is 12.1 Å². The smallest absolute Gasteiger partial charge is 0.327 e. The molecule has 4 aliphatic heterocycles. The fourth-order valence-corrected chi connectivity index (χ4v) is 11.8. The van der Waals surface area contributed by atoms with Crippen molar-refractivity contribution in [1.82, 2.24) is 39.0 Å². The lowest BCUT2D eigenvalue weighted by molar-refractivity contribution is -0.183. The number of ether oxygens (including phenoxy) is 3. The lowest BCUT2D eigenvalue weighted by atomic mass is 10.0. The number of ketones is 2. The summed E-state index contributed by atoms with van der Waals surface area (Å²) in [7, 11) is 0. The Morgan fingerprint density at radius 1 is 0.831 bits per heavy atom. The molecule has 8 heterocycles. The molecule has 2 unspecified atom stereocenters. The van der Waals surface area contributed by atoms with Crippen LogP contribution in [0.1, 0.15) is 51.0 Å². The number of fused-ring (bicyclic) bond motifs is 3. The van der Waals surface area contributed by atoms with Gasteiger partial charge in [0.2, 0.25) is 0 Å². The number of hydrogen-bond donors (Lipinski definition) is 1. The maximum absolute atomic E-state index is 16.9. The van der Waals surface area contributed by atoms with Gasteiger partial charge in [-0.05, 0) is 23.6 Å². The summed E-state index contributed by atoms with van der Waals surface area (Å²) < 4.78 is 69.7. The lowest BCUT2D eigenvalue weighted by Crippen LogP contribution is -2.46. The topological polar surface area (TPSA) is 239 Å². The minimum Gasteiger partial charge on any atom is -0.367 e. The first-order chi connectivity index (χ1) is 31.4. The number of nitrogens with zero attached hydrogens (tertiary/aromatic N) is 9. The predicted octanol–water partition coefficient (Wildman–Crippen LogP) is 4.61. The van der Waals surface area contributed by atoms with Crippen molar-refractivity contribution in [2.45, 2.75) is 67.9 Å². The third-order valence-corrected chi connectivity index (χ3v) is 15.2. The fraction of sp³-hybridized carbons (Fsp3) is 0.375. The van der Waals surface area contributed by atoms with Crippen molar-refractivity contribution in [3.05, 3.63) is 108 Å². The van der Waals surface area contributed by atoms with E-state index in [1.165, 1.54) is 29.9 Å². The van der Waals surface area contributed by atoms with Crippen LogP contribution in [0.2, 0.25) is 0 Å². The summed E-state index contributed by atoms with van der Waals surface area (Å²) >= 11 is 11.4. The molecule has 0 amide bonds. The molecule has 25 heteroatoms. The summed E-state index contributed by atoms with van der Waals surface area (Å²) in [5, 5.41) is 9.37. The van der Waals surface area contributed by atoms with E-state index in [1.54, 1.807) is 59.2 Å². The first-order valence-electron chi connectivity index (χ1n) is 20.1. The number of aromatic nitrogens is 8. The summed E-state index contributed by atoms with van der Waals surface area (Å²) in [5.74, 6) is -0.369. The van der Waals surface area contributed by atoms with Crippen LogP contribution in [-0.4, -0.2) is 118 Å². The highest BCUT2D eigenvalue weighted by atomic mass is 32.5.